The molecule has 14 atom stereocenters. The normalized spacial score (nSPS) is 42.2. The number of esters is 1. The van der Waals surface area contributed by atoms with Crippen molar-refractivity contribution in [1.82, 2.24) is 0 Å². The van der Waals surface area contributed by atoms with Crippen molar-refractivity contribution in [1.29, 1.82) is 0 Å². The first-order valence-corrected chi connectivity index (χ1v) is 16.9. The van der Waals surface area contributed by atoms with Crippen LogP contribution in [0.2, 0.25) is 0 Å². The van der Waals surface area contributed by atoms with Crippen LogP contribution in [0.25, 0.3) is 0 Å². The molecule has 2 heterocycles. The van der Waals surface area contributed by atoms with Gasteiger partial charge in [0.1, 0.15) is 12.2 Å². The molecule has 9 nitrogen and oxygen atoms in total. The lowest BCUT2D eigenvalue weighted by atomic mass is 9.79. The van der Waals surface area contributed by atoms with Crippen molar-refractivity contribution in [3.05, 3.63) is 59.4 Å². The number of carbonyl (C=O) groups excluding carboxylic acids is 1. The van der Waals surface area contributed by atoms with Crippen molar-refractivity contribution < 1.29 is 44.9 Å². The first kappa shape index (κ1) is 39.9. The van der Waals surface area contributed by atoms with E-state index in [1.54, 1.807) is 32.9 Å². The lowest BCUT2D eigenvalue weighted by Crippen LogP contribution is -2.50. The second kappa shape index (κ2) is 18.3. The van der Waals surface area contributed by atoms with E-state index in [2.05, 4.69) is 0 Å². The van der Waals surface area contributed by atoms with Gasteiger partial charge in [0.15, 0.2) is 0 Å². The van der Waals surface area contributed by atoms with Gasteiger partial charge in [0, 0.05) is 36.0 Å². The Hall–Kier alpha value is -2.27. The molecule has 6 N–H and O–H groups in total. The maximum absolute atomic E-state index is 13.1. The Kier molecular flexibility index (Phi) is 15.9. The summed E-state index contributed by atoms with van der Waals surface area (Å²) in [6.07, 6.45) is 6.40. The quantitative estimate of drug-likeness (QED) is 0.174. The van der Waals surface area contributed by atoms with Gasteiger partial charge in [-0.2, -0.15) is 0 Å². The third-order valence-corrected chi connectivity index (χ3v) is 9.98. The average Bonchev–Trinajstić information content (AvgIpc) is 3.00. The molecule has 0 aromatic rings. The lowest BCUT2D eigenvalue weighted by Gasteiger charge is -2.42. The number of aliphatic hydroxyl groups excluding tert-OH is 6. The van der Waals surface area contributed by atoms with Gasteiger partial charge in [-0.3, -0.25) is 0 Å². The summed E-state index contributed by atoms with van der Waals surface area (Å²) in [6, 6.07) is 0. The van der Waals surface area contributed by atoms with Gasteiger partial charge in [0.25, 0.3) is 0 Å². The molecule has 2 rings (SSSR count). The summed E-state index contributed by atoms with van der Waals surface area (Å²) < 4.78 is 11.9. The van der Waals surface area contributed by atoms with E-state index in [0.29, 0.717) is 24.8 Å². The summed E-state index contributed by atoms with van der Waals surface area (Å²) in [4.78, 5) is 13.1. The molecule has 1 saturated heterocycles. The summed E-state index contributed by atoms with van der Waals surface area (Å²) in [5, 5.41) is 66.4. The molecule has 0 aromatic carbocycles. The SMILES string of the molecule is C/C=C/[C@H]1O[C@@H]([C@@H](C)[C@H](O)[C@H](C)[C@H]2OC(=O)/C(O)=C/C(C)=C/[C@@H](C)[C@@H](O)[C@@H](CC)[C@@H](O)[C@H](C)C/C(C)=C/C=C/[C@@H]2O)C[C@@H](O)[C@@H]1C. The van der Waals surface area contributed by atoms with Crippen molar-refractivity contribution in [2.75, 3.05) is 0 Å². The van der Waals surface area contributed by atoms with Crippen molar-refractivity contribution in [3.8, 4) is 0 Å². The second-order valence-electron chi connectivity index (χ2n) is 13.8. The fraction of sp³-hybridized carbons (Fsp3) is 0.703. The number of hydrogen-bond acceptors (Lipinski definition) is 9. The first-order valence-electron chi connectivity index (χ1n) is 16.9. The average molecular weight is 649 g/mol. The van der Waals surface area contributed by atoms with Crippen LogP contribution in [0.4, 0.5) is 0 Å². The largest absolute Gasteiger partial charge is 0.502 e. The zero-order chi connectivity index (χ0) is 34.9. The third-order valence-electron chi connectivity index (χ3n) is 9.98. The minimum Gasteiger partial charge on any atom is -0.502 e. The van der Waals surface area contributed by atoms with E-state index in [1.165, 1.54) is 12.2 Å². The maximum atomic E-state index is 13.1. The molecule has 0 radical (unpaired) electrons. The van der Waals surface area contributed by atoms with Gasteiger partial charge in [-0.1, -0.05) is 89.1 Å². The third kappa shape index (κ3) is 10.6. The predicted molar refractivity (Wildman–Crippen MR) is 180 cm³/mol. The van der Waals surface area contributed by atoms with Gasteiger partial charge >= 0.3 is 5.97 Å². The van der Waals surface area contributed by atoms with Crippen LogP contribution in [0.3, 0.4) is 0 Å². The Balaban J connectivity index is 2.45. The molecule has 0 spiro atoms. The first-order chi connectivity index (χ1) is 21.5. The minimum atomic E-state index is -1.33. The summed E-state index contributed by atoms with van der Waals surface area (Å²) in [7, 11) is 0. The van der Waals surface area contributed by atoms with E-state index in [9.17, 15) is 35.4 Å². The van der Waals surface area contributed by atoms with Crippen LogP contribution in [0.15, 0.2) is 59.4 Å². The van der Waals surface area contributed by atoms with E-state index < -0.39 is 66.3 Å². The van der Waals surface area contributed by atoms with Crippen LogP contribution < -0.4 is 0 Å². The summed E-state index contributed by atoms with van der Waals surface area (Å²) in [5.41, 5.74) is 1.45. The number of aliphatic hydroxyl groups is 6. The van der Waals surface area contributed by atoms with Gasteiger partial charge in [0.2, 0.25) is 5.76 Å². The molecule has 46 heavy (non-hydrogen) atoms. The molecule has 0 unspecified atom stereocenters. The molecule has 9 heteroatoms. The van der Waals surface area contributed by atoms with E-state index in [-0.39, 0.29) is 29.8 Å². The van der Waals surface area contributed by atoms with Crippen LogP contribution in [0, 0.1) is 35.5 Å². The highest BCUT2D eigenvalue weighted by molar-refractivity contribution is 5.86. The van der Waals surface area contributed by atoms with E-state index >= 15 is 0 Å². The number of rotatable bonds is 6. The molecule has 262 valence electrons. The highest BCUT2D eigenvalue weighted by Gasteiger charge is 2.42. The van der Waals surface area contributed by atoms with Crippen molar-refractivity contribution in [2.24, 2.45) is 35.5 Å². The van der Waals surface area contributed by atoms with E-state index in [4.69, 9.17) is 9.47 Å². The molecule has 2 aliphatic heterocycles. The van der Waals surface area contributed by atoms with Crippen molar-refractivity contribution in [3.63, 3.8) is 0 Å². The zero-order valence-corrected chi connectivity index (χ0v) is 29.2. The van der Waals surface area contributed by atoms with Gasteiger partial charge in [-0.15, -0.1) is 0 Å². The summed E-state index contributed by atoms with van der Waals surface area (Å²) in [6.45, 7) is 16.5. The zero-order valence-electron chi connectivity index (χ0n) is 29.2. The van der Waals surface area contributed by atoms with Gasteiger partial charge < -0.3 is 40.1 Å². The van der Waals surface area contributed by atoms with Crippen molar-refractivity contribution in [2.45, 2.75) is 130 Å². The standard InChI is InChI=1S/C37H60O9/c1-10-13-31-24(7)29(39)19-32(45-31)25(8)35(43)26(9)36-28(38)15-12-14-20(3)16-22(5)33(41)27(11-2)34(42)23(6)17-21(4)18-30(40)37(44)46-36/h10,12-15,17-18,22-29,31-36,38-43H,11,16,19H2,1-9H3/b13-10+,15-12+,20-14+,21-17+,30-18-/t22-,23-,24+,25-,26+,27+,28+,29-,31-,32-,33+,34-,35+,36-/m1/s1. The van der Waals surface area contributed by atoms with Crippen LogP contribution in [-0.2, 0) is 14.3 Å². The number of ether oxygens (including phenoxy) is 2. The molecule has 0 aliphatic carbocycles. The number of hydrogen-bond donors (Lipinski definition) is 6. The van der Waals surface area contributed by atoms with Gasteiger partial charge in [0.05, 0.1) is 36.6 Å². The molecule has 2 aliphatic rings. The molecule has 0 aromatic heterocycles. The smallest absolute Gasteiger partial charge is 0.373 e. The lowest BCUT2D eigenvalue weighted by molar-refractivity contribution is -0.169. The molecule has 0 saturated carbocycles. The topological polar surface area (TPSA) is 157 Å². The Labute approximate surface area is 276 Å². The summed E-state index contributed by atoms with van der Waals surface area (Å²) in [5.74, 6) is -4.06. The second-order valence-corrected chi connectivity index (χ2v) is 13.8. The Morgan fingerprint density at radius 2 is 1.70 bits per heavy atom. The number of cyclic esters (lactones) is 1. The molecule has 0 bridgehead atoms. The van der Waals surface area contributed by atoms with Crippen LogP contribution >= 0.6 is 0 Å². The number of carbonyl (C=O) groups is 1. The highest BCUT2D eigenvalue weighted by Crippen LogP contribution is 2.34. The molecular formula is C37H60O9. The number of allylic oxidation sites excluding steroid dienone is 6. The maximum Gasteiger partial charge on any atom is 0.373 e. The highest BCUT2D eigenvalue weighted by atomic mass is 16.6. The molecule has 0 amide bonds. The molecule has 1 fully saturated rings. The molecular weight excluding hydrogens is 588 g/mol. The predicted octanol–water partition coefficient (Wildman–Crippen LogP) is 4.94. The Morgan fingerprint density at radius 1 is 1.04 bits per heavy atom. The van der Waals surface area contributed by atoms with Gasteiger partial charge in [-0.05, 0) is 45.6 Å². The van der Waals surface area contributed by atoms with Gasteiger partial charge in [-0.25, -0.2) is 4.79 Å². The Morgan fingerprint density at radius 3 is 2.30 bits per heavy atom. The monoisotopic (exact) mass is 648 g/mol. The summed E-state index contributed by atoms with van der Waals surface area (Å²) >= 11 is 0. The fourth-order valence-electron chi connectivity index (χ4n) is 6.84. The minimum absolute atomic E-state index is 0.113. The van der Waals surface area contributed by atoms with E-state index in [0.717, 1.165) is 5.57 Å². The Bertz CT molecular complexity index is 1120. The van der Waals surface area contributed by atoms with Crippen LogP contribution in [-0.4, -0.2) is 85.4 Å². The van der Waals surface area contributed by atoms with Crippen molar-refractivity contribution >= 4 is 5.97 Å². The van der Waals surface area contributed by atoms with E-state index in [1.807, 2.05) is 59.8 Å². The van der Waals surface area contributed by atoms with Crippen LogP contribution in [0.5, 0.6) is 0 Å². The van der Waals surface area contributed by atoms with Crippen LogP contribution in [0.1, 0.15) is 81.6 Å². The fourth-order valence-corrected chi connectivity index (χ4v) is 6.84.